The third kappa shape index (κ3) is 2.16. The van der Waals surface area contributed by atoms with Gasteiger partial charge in [-0.3, -0.25) is 4.79 Å². The van der Waals surface area contributed by atoms with Crippen LogP contribution in [-0.4, -0.2) is 11.3 Å². The molecule has 0 atom stereocenters. The summed E-state index contributed by atoms with van der Waals surface area (Å²) in [6.07, 6.45) is 5.29. The number of nitrogens with zero attached hydrogens (tertiary/aromatic N) is 1. The summed E-state index contributed by atoms with van der Waals surface area (Å²) >= 11 is 5.68. The van der Waals surface area contributed by atoms with E-state index in [9.17, 15) is 4.79 Å². The van der Waals surface area contributed by atoms with E-state index in [2.05, 4.69) is 4.98 Å². The SMILES string of the molecule is O=C/C=C/c1cccnc1Cl. The predicted octanol–water partition coefficient (Wildman–Crippen LogP) is 1.95. The van der Waals surface area contributed by atoms with Crippen LogP contribution in [0.5, 0.6) is 0 Å². The van der Waals surface area contributed by atoms with Crippen LogP contribution in [0.4, 0.5) is 0 Å². The average Bonchev–Trinajstić information content (AvgIpc) is 2.03. The summed E-state index contributed by atoms with van der Waals surface area (Å²) in [7, 11) is 0. The second-order valence-electron chi connectivity index (χ2n) is 1.88. The molecule has 0 radical (unpaired) electrons. The number of aldehydes is 1. The van der Waals surface area contributed by atoms with E-state index in [1.165, 1.54) is 6.08 Å². The van der Waals surface area contributed by atoms with E-state index in [1.54, 1.807) is 24.4 Å². The molecule has 56 valence electrons. The van der Waals surface area contributed by atoms with Gasteiger partial charge in [-0.2, -0.15) is 0 Å². The molecule has 2 nitrogen and oxygen atoms in total. The molecule has 1 rings (SSSR count). The summed E-state index contributed by atoms with van der Waals surface area (Å²) in [4.78, 5) is 13.8. The fraction of sp³-hybridized carbons (Fsp3) is 0. The van der Waals surface area contributed by atoms with Crippen molar-refractivity contribution < 1.29 is 4.79 Å². The Labute approximate surface area is 69.5 Å². The molecule has 0 spiro atoms. The maximum Gasteiger partial charge on any atom is 0.142 e. The first-order chi connectivity index (χ1) is 5.34. The average molecular weight is 168 g/mol. The lowest BCUT2D eigenvalue weighted by molar-refractivity contribution is -0.104. The van der Waals surface area contributed by atoms with Crippen LogP contribution in [0.2, 0.25) is 5.15 Å². The van der Waals surface area contributed by atoms with Crippen LogP contribution in [0.3, 0.4) is 0 Å². The molecule has 0 amide bonds. The second kappa shape index (κ2) is 3.88. The quantitative estimate of drug-likeness (QED) is 0.383. The molecular formula is C8H6ClNO. The summed E-state index contributed by atoms with van der Waals surface area (Å²) in [6.45, 7) is 0. The summed E-state index contributed by atoms with van der Waals surface area (Å²) in [6, 6.07) is 3.55. The zero-order valence-corrected chi connectivity index (χ0v) is 6.45. The molecule has 0 aliphatic carbocycles. The zero-order valence-electron chi connectivity index (χ0n) is 5.70. The van der Waals surface area contributed by atoms with Crippen LogP contribution in [0.15, 0.2) is 24.4 Å². The lowest BCUT2D eigenvalue weighted by Crippen LogP contribution is -1.78. The number of halogens is 1. The van der Waals surface area contributed by atoms with Gasteiger partial charge in [0.1, 0.15) is 11.4 Å². The Morgan fingerprint density at radius 2 is 2.36 bits per heavy atom. The van der Waals surface area contributed by atoms with E-state index >= 15 is 0 Å². The van der Waals surface area contributed by atoms with E-state index in [4.69, 9.17) is 11.6 Å². The van der Waals surface area contributed by atoms with E-state index in [1.807, 2.05) is 0 Å². The normalized spacial score (nSPS) is 10.3. The first-order valence-corrected chi connectivity index (χ1v) is 3.45. The van der Waals surface area contributed by atoms with Gasteiger partial charge in [-0.25, -0.2) is 4.98 Å². The van der Waals surface area contributed by atoms with E-state index in [0.717, 1.165) is 5.56 Å². The molecule has 0 unspecified atom stereocenters. The molecule has 11 heavy (non-hydrogen) atoms. The standard InChI is InChI=1S/C8H6ClNO/c9-8-7(4-2-6-11)3-1-5-10-8/h1-6H/b4-2+. The van der Waals surface area contributed by atoms with Crippen molar-refractivity contribution in [3.63, 3.8) is 0 Å². The molecule has 1 aromatic rings. The molecule has 0 aromatic carbocycles. The predicted molar refractivity (Wildman–Crippen MR) is 44.3 cm³/mol. The molecule has 0 saturated heterocycles. The molecule has 0 saturated carbocycles. The molecule has 1 heterocycles. The number of carbonyl (C=O) groups is 1. The van der Waals surface area contributed by atoms with Crippen LogP contribution < -0.4 is 0 Å². The number of hydrogen-bond donors (Lipinski definition) is 0. The first kappa shape index (κ1) is 7.95. The third-order valence-electron chi connectivity index (χ3n) is 1.14. The Kier molecular flexibility index (Phi) is 2.81. The van der Waals surface area contributed by atoms with E-state index in [-0.39, 0.29) is 0 Å². The molecule has 0 fully saturated rings. The second-order valence-corrected chi connectivity index (χ2v) is 2.24. The Bertz CT molecular complexity index is 283. The summed E-state index contributed by atoms with van der Waals surface area (Å²) in [5.74, 6) is 0. The maximum atomic E-state index is 9.94. The van der Waals surface area contributed by atoms with Crippen molar-refractivity contribution in [3.05, 3.63) is 35.1 Å². The number of allylic oxidation sites excluding steroid dienone is 1. The van der Waals surface area contributed by atoms with Gasteiger partial charge in [-0.15, -0.1) is 0 Å². The van der Waals surface area contributed by atoms with Crippen LogP contribution in [0.25, 0.3) is 6.08 Å². The lowest BCUT2D eigenvalue weighted by Gasteiger charge is -1.92. The summed E-state index contributed by atoms with van der Waals surface area (Å²) in [5.41, 5.74) is 0.751. The smallest absolute Gasteiger partial charge is 0.142 e. The van der Waals surface area contributed by atoms with Crippen molar-refractivity contribution in [2.75, 3.05) is 0 Å². The fourth-order valence-corrected chi connectivity index (χ4v) is 0.848. The van der Waals surface area contributed by atoms with Crippen molar-refractivity contribution in [3.8, 4) is 0 Å². The Morgan fingerprint density at radius 3 is 3.00 bits per heavy atom. The van der Waals surface area contributed by atoms with Crippen molar-refractivity contribution in [2.24, 2.45) is 0 Å². The fourth-order valence-electron chi connectivity index (χ4n) is 0.666. The van der Waals surface area contributed by atoms with Crippen molar-refractivity contribution in [2.45, 2.75) is 0 Å². The number of aromatic nitrogens is 1. The van der Waals surface area contributed by atoms with Crippen LogP contribution in [0, 0.1) is 0 Å². The maximum absolute atomic E-state index is 9.94. The highest BCUT2D eigenvalue weighted by Gasteiger charge is 1.92. The van der Waals surface area contributed by atoms with Crippen molar-refractivity contribution in [1.82, 2.24) is 4.98 Å². The summed E-state index contributed by atoms with van der Waals surface area (Å²) in [5, 5.41) is 0.408. The van der Waals surface area contributed by atoms with Gasteiger partial charge >= 0.3 is 0 Å². The Hall–Kier alpha value is -1.15. The minimum atomic E-state index is 0.408. The van der Waals surface area contributed by atoms with Gasteiger partial charge in [-0.05, 0) is 18.2 Å². The van der Waals surface area contributed by atoms with Gasteiger partial charge in [0.15, 0.2) is 0 Å². The monoisotopic (exact) mass is 167 g/mol. The number of hydrogen-bond acceptors (Lipinski definition) is 2. The highest BCUT2D eigenvalue weighted by Crippen LogP contribution is 2.12. The third-order valence-corrected chi connectivity index (χ3v) is 1.46. The van der Waals surface area contributed by atoms with E-state index < -0.39 is 0 Å². The number of carbonyl (C=O) groups excluding carboxylic acids is 1. The molecule has 0 bridgehead atoms. The molecule has 3 heteroatoms. The van der Waals surface area contributed by atoms with Gasteiger partial charge < -0.3 is 0 Å². The van der Waals surface area contributed by atoms with Gasteiger partial charge in [0.25, 0.3) is 0 Å². The van der Waals surface area contributed by atoms with Crippen LogP contribution >= 0.6 is 11.6 Å². The van der Waals surface area contributed by atoms with Crippen LogP contribution in [0.1, 0.15) is 5.56 Å². The number of pyridine rings is 1. The Balaban J connectivity index is 2.94. The molecule has 0 aliphatic heterocycles. The van der Waals surface area contributed by atoms with Gasteiger partial charge in [0.05, 0.1) is 0 Å². The highest BCUT2D eigenvalue weighted by atomic mass is 35.5. The van der Waals surface area contributed by atoms with Gasteiger partial charge in [0.2, 0.25) is 0 Å². The summed E-state index contributed by atoms with van der Waals surface area (Å²) < 4.78 is 0. The van der Waals surface area contributed by atoms with Crippen molar-refractivity contribution >= 4 is 24.0 Å². The van der Waals surface area contributed by atoms with E-state index in [0.29, 0.717) is 11.4 Å². The number of rotatable bonds is 2. The lowest BCUT2D eigenvalue weighted by atomic mass is 10.3. The molecule has 0 N–H and O–H groups in total. The molecule has 1 aromatic heterocycles. The minimum Gasteiger partial charge on any atom is -0.299 e. The molecular weight excluding hydrogens is 162 g/mol. The van der Waals surface area contributed by atoms with Crippen LogP contribution in [-0.2, 0) is 4.79 Å². The first-order valence-electron chi connectivity index (χ1n) is 3.07. The Morgan fingerprint density at radius 1 is 1.55 bits per heavy atom. The van der Waals surface area contributed by atoms with Crippen molar-refractivity contribution in [1.29, 1.82) is 0 Å². The zero-order chi connectivity index (χ0) is 8.10. The van der Waals surface area contributed by atoms with Gasteiger partial charge in [-0.1, -0.05) is 17.7 Å². The largest absolute Gasteiger partial charge is 0.299 e. The molecule has 0 aliphatic rings. The highest BCUT2D eigenvalue weighted by molar-refractivity contribution is 6.30. The topological polar surface area (TPSA) is 30.0 Å². The minimum absolute atomic E-state index is 0.408. The van der Waals surface area contributed by atoms with Gasteiger partial charge in [0, 0.05) is 11.8 Å².